The Bertz CT molecular complexity index is 914. The molecule has 0 aromatic carbocycles. The fourth-order valence-corrected chi connectivity index (χ4v) is 4.50. The summed E-state index contributed by atoms with van der Waals surface area (Å²) in [5.41, 5.74) is 11.4. The predicted octanol–water partition coefficient (Wildman–Crippen LogP) is -0.850. The number of carboxylic acids is 2. The average molecular weight is 571 g/mol. The maximum atomic E-state index is 13.5. The van der Waals surface area contributed by atoms with Crippen molar-refractivity contribution in [1.82, 2.24) is 20.9 Å². The van der Waals surface area contributed by atoms with Crippen LogP contribution in [0.2, 0.25) is 0 Å². The van der Waals surface area contributed by atoms with E-state index in [9.17, 15) is 39.0 Å². The molecule has 6 atom stereocenters. The van der Waals surface area contributed by atoms with E-state index in [0.29, 0.717) is 38.6 Å². The molecule has 1 aliphatic heterocycles. The van der Waals surface area contributed by atoms with E-state index in [2.05, 4.69) is 16.0 Å². The second-order valence-corrected chi connectivity index (χ2v) is 10.7. The number of carbonyl (C=O) groups is 6. The molecule has 40 heavy (non-hydrogen) atoms. The number of nitrogens with one attached hydrogen (secondary N) is 3. The number of aliphatic carboxylic acids is 2. The Hall–Kier alpha value is -3.26. The lowest BCUT2D eigenvalue weighted by Gasteiger charge is -2.31. The van der Waals surface area contributed by atoms with Gasteiger partial charge in [0.05, 0.1) is 12.5 Å². The zero-order valence-corrected chi connectivity index (χ0v) is 23.9. The van der Waals surface area contributed by atoms with Gasteiger partial charge >= 0.3 is 11.9 Å². The Balaban J connectivity index is 3.08. The van der Waals surface area contributed by atoms with Crippen LogP contribution in [0.4, 0.5) is 0 Å². The van der Waals surface area contributed by atoms with Gasteiger partial charge in [-0.3, -0.25) is 24.0 Å². The first-order valence-corrected chi connectivity index (χ1v) is 13.9. The van der Waals surface area contributed by atoms with E-state index in [1.54, 1.807) is 20.8 Å². The minimum atomic E-state index is -1.51. The van der Waals surface area contributed by atoms with Crippen LogP contribution in [0.15, 0.2) is 0 Å². The Kier molecular flexibility index (Phi) is 14.6. The quantitative estimate of drug-likeness (QED) is 0.107. The Morgan fingerprint density at radius 2 is 1.60 bits per heavy atom. The number of rotatable bonds is 17. The lowest BCUT2D eigenvalue weighted by molar-refractivity contribution is -0.148. The fraction of sp³-hybridized carbons (Fsp3) is 0.769. The van der Waals surface area contributed by atoms with Crippen molar-refractivity contribution in [2.75, 3.05) is 13.1 Å². The van der Waals surface area contributed by atoms with Crippen LogP contribution in [0.3, 0.4) is 0 Å². The number of nitrogens with zero attached hydrogens (tertiary/aromatic N) is 1. The van der Waals surface area contributed by atoms with E-state index in [0.717, 1.165) is 0 Å². The topological polar surface area (TPSA) is 234 Å². The van der Waals surface area contributed by atoms with E-state index in [1.165, 1.54) is 4.90 Å². The number of unbranched alkanes of at least 4 members (excludes halogenated alkanes) is 1. The molecule has 1 saturated heterocycles. The van der Waals surface area contributed by atoms with Crippen LogP contribution in [-0.2, 0) is 28.8 Å². The molecule has 1 heterocycles. The SMILES string of the molecule is CC[C@H](C)[C@H](NC(=O)[C@@H](N)CCCCN)C(=O)N[C@@H](CC(=O)O)C(=O)N1CCC[C@H]1C(=O)N[C@H](C(=O)O)C(C)C. The van der Waals surface area contributed by atoms with Crippen LogP contribution in [-0.4, -0.2) is 94.0 Å². The summed E-state index contributed by atoms with van der Waals surface area (Å²) in [6, 6.07) is -5.65. The van der Waals surface area contributed by atoms with Crippen LogP contribution >= 0.6 is 0 Å². The maximum absolute atomic E-state index is 13.5. The molecule has 0 spiro atoms. The Morgan fingerprint density at radius 1 is 0.950 bits per heavy atom. The first kappa shape index (κ1) is 34.8. The van der Waals surface area contributed by atoms with E-state index in [1.807, 2.05) is 6.92 Å². The number of hydrogen-bond acceptors (Lipinski definition) is 8. The average Bonchev–Trinajstić information content (AvgIpc) is 3.38. The van der Waals surface area contributed by atoms with Gasteiger partial charge in [0.15, 0.2) is 0 Å². The standard InChI is InChI=1S/C26H46N6O8/c1-5-15(4)21(31-22(35)16(28)9-6-7-11-27)24(37)29-17(13-19(33)34)25(38)32-12-8-10-18(32)23(36)30-20(14(2)3)26(39)40/h14-18,20-21H,5-13,27-28H2,1-4H3,(H,29,37)(H,30,36)(H,31,35)(H,33,34)(H,39,40)/t15-,16-,17-,18-,20-,21-/m0/s1. The third-order valence-corrected chi connectivity index (χ3v) is 7.16. The minimum absolute atomic E-state index is 0.130. The van der Waals surface area contributed by atoms with Crippen molar-refractivity contribution < 1.29 is 39.0 Å². The molecule has 0 aromatic rings. The number of carboxylic acid groups (broad SMARTS) is 2. The van der Waals surface area contributed by atoms with E-state index in [-0.39, 0.29) is 18.9 Å². The lowest BCUT2D eigenvalue weighted by atomic mass is 9.97. The second-order valence-electron chi connectivity index (χ2n) is 10.7. The molecule has 0 bridgehead atoms. The molecule has 14 nitrogen and oxygen atoms in total. The number of carbonyl (C=O) groups excluding carboxylic acids is 4. The molecule has 1 aliphatic rings. The Labute approximate surface area is 235 Å². The molecule has 228 valence electrons. The van der Waals surface area contributed by atoms with Gasteiger partial charge in [0.1, 0.15) is 24.2 Å². The molecule has 0 unspecified atom stereocenters. The minimum Gasteiger partial charge on any atom is -0.481 e. The maximum Gasteiger partial charge on any atom is 0.326 e. The van der Waals surface area contributed by atoms with Crippen molar-refractivity contribution in [2.24, 2.45) is 23.3 Å². The molecule has 0 aromatic heterocycles. The molecular weight excluding hydrogens is 524 g/mol. The highest BCUT2D eigenvalue weighted by molar-refractivity contribution is 5.97. The first-order chi connectivity index (χ1) is 18.7. The van der Waals surface area contributed by atoms with Gasteiger partial charge < -0.3 is 42.5 Å². The van der Waals surface area contributed by atoms with E-state index < -0.39 is 78.1 Å². The third-order valence-electron chi connectivity index (χ3n) is 7.16. The lowest BCUT2D eigenvalue weighted by Crippen LogP contribution is -2.60. The highest BCUT2D eigenvalue weighted by Crippen LogP contribution is 2.20. The van der Waals surface area contributed by atoms with Gasteiger partial charge in [-0.25, -0.2) is 4.79 Å². The summed E-state index contributed by atoms with van der Waals surface area (Å²) in [7, 11) is 0. The van der Waals surface area contributed by atoms with Gasteiger partial charge in [-0.2, -0.15) is 0 Å². The first-order valence-electron chi connectivity index (χ1n) is 13.9. The Morgan fingerprint density at radius 3 is 2.12 bits per heavy atom. The number of nitrogens with two attached hydrogens (primary N) is 2. The normalized spacial score (nSPS) is 18.8. The third kappa shape index (κ3) is 10.4. The molecular formula is C26H46N6O8. The molecule has 0 radical (unpaired) electrons. The van der Waals surface area contributed by atoms with Crippen molar-refractivity contribution in [1.29, 1.82) is 0 Å². The summed E-state index contributed by atoms with van der Waals surface area (Å²) in [6.07, 6.45) is 2.13. The summed E-state index contributed by atoms with van der Waals surface area (Å²) < 4.78 is 0. The summed E-state index contributed by atoms with van der Waals surface area (Å²) >= 11 is 0. The van der Waals surface area contributed by atoms with Crippen molar-refractivity contribution in [3.8, 4) is 0 Å². The zero-order valence-electron chi connectivity index (χ0n) is 23.9. The largest absolute Gasteiger partial charge is 0.481 e. The van der Waals surface area contributed by atoms with Crippen molar-refractivity contribution in [2.45, 2.75) is 103 Å². The van der Waals surface area contributed by atoms with E-state index >= 15 is 0 Å². The van der Waals surface area contributed by atoms with Crippen LogP contribution in [0.1, 0.15) is 72.6 Å². The smallest absolute Gasteiger partial charge is 0.326 e. The molecule has 0 saturated carbocycles. The van der Waals surface area contributed by atoms with E-state index in [4.69, 9.17) is 11.5 Å². The van der Waals surface area contributed by atoms with Crippen LogP contribution in [0.25, 0.3) is 0 Å². The van der Waals surface area contributed by atoms with Gasteiger partial charge in [0, 0.05) is 6.54 Å². The van der Waals surface area contributed by atoms with Crippen molar-refractivity contribution in [3.63, 3.8) is 0 Å². The molecule has 14 heteroatoms. The fourth-order valence-electron chi connectivity index (χ4n) is 4.50. The molecule has 9 N–H and O–H groups in total. The highest BCUT2D eigenvalue weighted by Gasteiger charge is 2.40. The second kappa shape index (κ2) is 16.8. The molecule has 4 amide bonds. The summed E-state index contributed by atoms with van der Waals surface area (Å²) in [4.78, 5) is 76.7. The van der Waals surface area contributed by atoms with Gasteiger partial charge in [-0.15, -0.1) is 0 Å². The molecule has 0 aliphatic carbocycles. The van der Waals surface area contributed by atoms with Crippen molar-refractivity contribution >= 4 is 35.6 Å². The van der Waals surface area contributed by atoms with Crippen LogP contribution < -0.4 is 27.4 Å². The van der Waals surface area contributed by atoms with Crippen LogP contribution in [0, 0.1) is 11.8 Å². The predicted molar refractivity (Wildman–Crippen MR) is 146 cm³/mol. The monoisotopic (exact) mass is 570 g/mol. The molecule has 1 fully saturated rings. The number of amides is 4. The highest BCUT2D eigenvalue weighted by atomic mass is 16.4. The van der Waals surface area contributed by atoms with Crippen molar-refractivity contribution in [3.05, 3.63) is 0 Å². The number of likely N-dealkylation sites (tertiary alicyclic amines) is 1. The zero-order chi connectivity index (χ0) is 30.6. The van der Waals surface area contributed by atoms with Crippen LogP contribution in [0.5, 0.6) is 0 Å². The molecule has 1 rings (SSSR count). The summed E-state index contributed by atoms with van der Waals surface area (Å²) in [5.74, 6) is -6.08. The van der Waals surface area contributed by atoms with Gasteiger partial charge in [0.2, 0.25) is 23.6 Å². The number of hydrogen-bond donors (Lipinski definition) is 7. The summed E-state index contributed by atoms with van der Waals surface area (Å²) in [5, 5.41) is 26.4. The van der Waals surface area contributed by atoms with Gasteiger partial charge in [0.25, 0.3) is 0 Å². The summed E-state index contributed by atoms with van der Waals surface area (Å²) in [6.45, 7) is 7.40. The van der Waals surface area contributed by atoms with Gasteiger partial charge in [-0.1, -0.05) is 40.5 Å². The van der Waals surface area contributed by atoms with Gasteiger partial charge in [-0.05, 0) is 44.1 Å².